The van der Waals surface area contributed by atoms with Crippen LogP contribution >= 0.6 is 35.2 Å². The van der Waals surface area contributed by atoms with Crippen molar-refractivity contribution in [1.82, 2.24) is 30.2 Å². The second kappa shape index (κ2) is 18.1. The predicted molar refractivity (Wildman–Crippen MR) is 175 cm³/mol. The van der Waals surface area contributed by atoms with Gasteiger partial charge in [0.2, 0.25) is 11.8 Å². The molecule has 2 aromatic rings. The predicted octanol–water partition coefficient (Wildman–Crippen LogP) is -1.78. The number of aromatic nitrogens is 4. The lowest BCUT2D eigenvalue weighted by atomic mass is 9.87. The summed E-state index contributed by atoms with van der Waals surface area (Å²) in [6, 6.07) is 0. The second-order valence-electron chi connectivity index (χ2n) is 11.5. The molecule has 0 aliphatic carbocycles. The summed E-state index contributed by atoms with van der Waals surface area (Å²) in [7, 11) is -16.4. The van der Waals surface area contributed by atoms with E-state index >= 15 is 0 Å². The van der Waals surface area contributed by atoms with Gasteiger partial charge in [0.05, 0.1) is 25.3 Å². The Morgan fingerprint density at radius 2 is 1.75 bits per heavy atom. The van der Waals surface area contributed by atoms with Crippen LogP contribution in [0.5, 0.6) is 0 Å². The smallest absolute Gasteiger partial charge is 0.481 e. The van der Waals surface area contributed by atoms with Crippen LogP contribution in [0.3, 0.4) is 0 Å². The number of carboxylic acids is 1. The van der Waals surface area contributed by atoms with E-state index in [0.717, 1.165) is 29.0 Å². The summed E-state index contributed by atoms with van der Waals surface area (Å²) in [5, 5.41) is 34.7. The Labute approximate surface area is 298 Å². The molecule has 25 nitrogen and oxygen atoms in total. The van der Waals surface area contributed by atoms with Crippen molar-refractivity contribution in [3.05, 3.63) is 12.7 Å². The molecule has 0 aromatic carbocycles. The van der Waals surface area contributed by atoms with E-state index in [1.165, 1.54) is 13.8 Å². The number of rotatable bonds is 21. The van der Waals surface area contributed by atoms with E-state index in [9.17, 15) is 57.9 Å². The van der Waals surface area contributed by atoms with Crippen molar-refractivity contribution < 1.29 is 85.6 Å². The van der Waals surface area contributed by atoms with Gasteiger partial charge in [-0.25, -0.2) is 28.6 Å². The van der Waals surface area contributed by atoms with Crippen LogP contribution in [0.1, 0.15) is 26.5 Å². The third-order valence-corrected chi connectivity index (χ3v) is 10.9. The van der Waals surface area contributed by atoms with Crippen molar-refractivity contribution in [3.63, 3.8) is 0 Å². The molecule has 0 saturated carbocycles. The van der Waals surface area contributed by atoms with Crippen molar-refractivity contribution in [2.45, 2.75) is 50.9 Å². The van der Waals surface area contributed by atoms with E-state index < -0.39 is 90.5 Å². The van der Waals surface area contributed by atoms with Crippen LogP contribution in [-0.4, -0.2) is 134 Å². The molecule has 29 heteroatoms. The topological polar surface area (TPSA) is 384 Å². The molecule has 3 rings (SSSR count). The highest BCUT2D eigenvalue weighted by Gasteiger charge is 2.50. The first-order chi connectivity index (χ1) is 24.0. The van der Waals surface area contributed by atoms with E-state index in [0.29, 0.717) is 5.75 Å². The quantitative estimate of drug-likeness (QED) is 0.0491. The highest BCUT2D eigenvalue weighted by molar-refractivity contribution is 7.99. The number of carboxylic acid groups (broad SMARTS) is 1. The van der Waals surface area contributed by atoms with Gasteiger partial charge in [0.15, 0.2) is 17.7 Å². The first kappa shape index (κ1) is 43.8. The van der Waals surface area contributed by atoms with Crippen molar-refractivity contribution in [2.24, 2.45) is 5.41 Å². The number of anilines is 1. The molecule has 0 bridgehead atoms. The molecule has 0 radical (unpaired) electrons. The number of hydrogen-bond acceptors (Lipinski definition) is 18. The monoisotopic (exact) mass is 825 g/mol. The zero-order chi connectivity index (χ0) is 39.1. The number of nitrogens with two attached hydrogens (primary N) is 1. The minimum atomic E-state index is -5.57. The number of amides is 2. The van der Waals surface area contributed by atoms with Crippen LogP contribution in [0.15, 0.2) is 12.7 Å². The number of phosphoric acid groups is 3. The Kier molecular flexibility index (Phi) is 15.3. The molecule has 52 heavy (non-hydrogen) atoms. The van der Waals surface area contributed by atoms with Gasteiger partial charge in [-0.2, -0.15) is 4.31 Å². The number of phosphoric ester groups is 3. The summed E-state index contributed by atoms with van der Waals surface area (Å²) in [4.78, 5) is 85.5. The fourth-order valence-corrected chi connectivity index (χ4v) is 7.76. The largest absolute Gasteiger partial charge is 0.481 e. The molecule has 1 saturated heterocycles. The average molecular weight is 826 g/mol. The van der Waals surface area contributed by atoms with Crippen LogP contribution in [0.25, 0.3) is 11.2 Å². The summed E-state index contributed by atoms with van der Waals surface area (Å²) in [6.07, 6.45) is -6.96. The van der Waals surface area contributed by atoms with Gasteiger partial charge in [-0.3, -0.25) is 32.5 Å². The first-order valence-electron chi connectivity index (χ1n) is 14.7. The van der Waals surface area contributed by atoms with Crippen LogP contribution in [0, 0.1) is 5.41 Å². The third-order valence-electron chi connectivity index (χ3n) is 6.87. The molecule has 294 valence electrons. The number of nitrogens with zero attached hydrogens (tertiary/aromatic N) is 4. The Hall–Kier alpha value is -2.64. The van der Waals surface area contributed by atoms with Crippen LogP contribution in [-0.2, 0) is 50.7 Å². The van der Waals surface area contributed by atoms with Crippen LogP contribution < -0.4 is 16.4 Å². The summed E-state index contributed by atoms with van der Waals surface area (Å²) in [5.41, 5.74) is 4.23. The fourth-order valence-electron chi connectivity index (χ4n) is 4.36. The number of imidazole rings is 1. The van der Waals surface area contributed by atoms with Gasteiger partial charge < -0.3 is 56.0 Å². The highest BCUT2D eigenvalue weighted by Crippen LogP contribution is 2.61. The SMILES string of the molecule is CC(C)(COP(=O)(O)OP(=O)(O)OC[C@H]1O[C@@H](n2cnc3c(N)ncnc32)[C@H](O)[C@@H]1OP(=O)(O)O)[C@@H](O)C(=O)NCCC(=O)NCCSCC(=O)O. The Morgan fingerprint density at radius 1 is 1.08 bits per heavy atom. The van der Waals surface area contributed by atoms with Gasteiger partial charge in [-0.15, -0.1) is 11.8 Å². The molecule has 1 aliphatic rings. The maximum Gasteiger partial charge on any atom is 0.481 e. The number of carbonyl (C=O) groups is 3. The molecule has 0 spiro atoms. The molecule has 2 amide bonds. The van der Waals surface area contributed by atoms with E-state index in [2.05, 4.69) is 34.4 Å². The standard InChI is InChI=1S/C23H38N7O18P3S/c1-23(2,18(35)21(36)26-4-3-13(31)25-5-6-52-8-14(32)33)9-45-51(42,43)48-50(40,41)44-7-12-17(47-49(37,38)39)16(34)22(46-12)30-11-29-15-19(24)27-10-28-20(15)30/h10-12,16-18,22,34-35H,3-9H2,1-2H3,(H,25,31)(H,26,36)(H,32,33)(H,40,41)(H,42,43)(H2,24,27,28)(H2,37,38,39)/t12-,16-,17-,18+,22-/m1/s1. The fraction of sp³-hybridized carbons (Fsp3) is 0.652. The average Bonchev–Trinajstić information content (AvgIpc) is 3.58. The lowest BCUT2D eigenvalue weighted by molar-refractivity contribution is -0.137. The molecule has 1 aliphatic heterocycles. The molecule has 11 N–H and O–H groups in total. The van der Waals surface area contributed by atoms with Crippen LogP contribution in [0.4, 0.5) is 5.82 Å². The summed E-state index contributed by atoms with van der Waals surface area (Å²) in [6.45, 7) is 0.414. The van der Waals surface area contributed by atoms with E-state index in [4.69, 9.17) is 24.6 Å². The normalized spacial score (nSPS) is 22.4. The van der Waals surface area contributed by atoms with E-state index in [-0.39, 0.29) is 42.2 Å². The molecular formula is C23H38N7O18P3S. The molecule has 3 heterocycles. The number of aliphatic hydroxyl groups is 2. The Bertz CT molecular complexity index is 1730. The van der Waals surface area contributed by atoms with Gasteiger partial charge in [0.1, 0.15) is 36.3 Å². The maximum absolute atomic E-state index is 12.6. The molecule has 1 fully saturated rings. The number of nitrogens with one attached hydrogen (secondary N) is 2. The Morgan fingerprint density at radius 3 is 2.40 bits per heavy atom. The number of ether oxygens (including phenoxy) is 1. The third kappa shape index (κ3) is 13.0. The van der Waals surface area contributed by atoms with Crippen molar-refractivity contribution in [2.75, 3.05) is 43.5 Å². The second-order valence-corrected chi connectivity index (χ2v) is 16.9. The van der Waals surface area contributed by atoms with Gasteiger partial charge in [0, 0.05) is 30.7 Å². The van der Waals surface area contributed by atoms with Gasteiger partial charge in [-0.05, 0) is 0 Å². The zero-order valence-corrected chi connectivity index (χ0v) is 30.7. The number of hydrogen-bond donors (Lipinski definition) is 10. The number of thioether (sulfide) groups is 1. The highest BCUT2D eigenvalue weighted by atomic mass is 32.2. The van der Waals surface area contributed by atoms with E-state index in [1.54, 1.807) is 0 Å². The lowest BCUT2D eigenvalue weighted by Gasteiger charge is -2.30. The lowest BCUT2D eigenvalue weighted by Crippen LogP contribution is -2.46. The molecule has 2 unspecified atom stereocenters. The molecule has 7 atom stereocenters. The number of carbonyl (C=O) groups excluding carboxylic acids is 2. The van der Waals surface area contributed by atoms with Gasteiger partial charge in [-0.1, -0.05) is 13.8 Å². The summed E-state index contributed by atoms with van der Waals surface area (Å²) in [5.74, 6) is -2.28. The minimum Gasteiger partial charge on any atom is -0.481 e. The zero-order valence-electron chi connectivity index (χ0n) is 27.2. The number of nitrogen functional groups attached to an aromatic ring is 1. The van der Waals surface area contributed by atoms with Crippen molar-refractivity contribution in [1.29, 1.82) is 0 Å². The minimum absolute atomic E-state index is 0.0260. The van der Waals surface area contributed by atoms with Crippen molar-refractivity contribution in [3.8, 4) is 0 Å². The Balaban J connectivity index is 1.53. The van der Waals surface area contributed by atoms with Crippen molar-refractivity contribution >= 4 is 70.0 Å². The summed E-state index contributed by atoms with van der Waals surface area (Å²) >= 11 is 1.09. The number of aliphatic hydroxyl groups excluding tert-OH is 2. The van der Waals surface area contributed by atoms with Crippen LogP contribution in [0.2, 0.25) is 0 Å². The van der Waals surface area contributed by atoms with E-state index in [1.807, 2.05) is 0 Å². The van der Waals surface area contributed by atoms with Gasteiger partial charge in [0.25, 0.3) is 0 Å². The summed E-state index contributed by atoms with van der Waals surface area (Å²) < 4.78 is 61.8. The molecular weight excluding hydrogens is 787 g/mol. The number of aliphatic carboxylic acids is 1. The first-order valence-corrected chi connectivity index (χ1v) is 20.4. The van der Waals surface area contributed by atoms with Gasteiger partial charge >= 0.3 is 29.4 Å². The maximum atomic E-state index is 12.6. The molecule has 2 aromatic heterocycles. The number of fused-ring (bicyclic) bond motifs is 1.